The summed E-state index contributed by atoms with van der Waals surface area (Å²) in [6.07, 6.45) is 0. The van der Waals surface area contributed by atoms with Gasteiger partial charge in [0.05, 0.1) is 0 Å². The minimum atomic E-state index is -0.117. The van der Waals surface area contributed by atoms with Gasteiger partial charge in [-0.3, -0.25) is 4.79 Å². The molecule has 0 fully saturated rings. The number of carbonyl (C=O) groups excluding carboxylic acids is 1. The number of hydrogen-bond donors (Lipinski definition) is 1. The first-order chi connectivity index (χ1) is 15.0. The summed E-state index contributed by atoms with van der Waals surface area (Å²) in [5.74, 6) is 2.05. The van der Waals surface area contributed by atoms with E-state index in [9.17, 15) is 4.79 Å². The van der Waals surface area contributed by atoms with Gasteiger partial charge in [-0.1, -0.05) is 64.1 Å². The normalized spacial score (nSPS) is 10.9. The van der Waals surface area contributed by atoms with E-state index in [2.05, 4.69) is 51.2 Å². The zero-order valence-electron chi connectivity index (χ0n) is 18.7. The molecule has 0 bridgehead atoms. The number of rotatable bonds is 9. The molecule has 3 aromatic rings. The lowest BCUT2D eigenvalue weighted by atomic mass is 9.92. The second kappa shape index (κ2) is 10.7. The van der Waals surface area contributed by atoms with Crippen molar-refractivity contribution in [3.8, 4) is 11.5 Å². The van der Waals surface area contributed by atoms with Crippen LogP contribution < -0.4 is 14.8 Å². The molecule has 0 aliphatic carbocycles. The van der Waals surface area contributed by atoms with Crippen molar-refractivity contribution in [1.29, 1.82) is 0 Å². The van der Waals surface area contributed by atoms with E-state index < -0.39 is 0 Å². The average Bonchev–Trinajstić information content (AvgIpc) is 2.77. The van der Waals surface area contributed by atoms with E-state index in [-0.39, 0.29) is 5.91 Å². The van der Waals surface area contributed by atoms with Crippen molar-refractivity contribution in [3.05, 3.63) is 89.5 Å². The van der Waals surface area contributed by atoms with Crippen LogP contribution in [-0.4, -0.2) is 19.1 Å². The molecule has 1 N–H and O–H groups in total. The van der Waals surface area contributed by atoms with E-state index in [4.69, 9.17) is 9.47 Å². The van der Waals surface area contributed by atoms with E-state index in [1.54, 1.807) is 12.1 Å². The molecule has 3 rings (SSSR count). The average molecular weight is 418 g/mol. The summed E-state index contributed by atoms with van der Waals surface area (Å²) >= 11 is 0. The minimum Gasteiger partial charge on any atom is -0.490 e. The molecule has 0 saturated carbocycles. The zero-order valence-corrected chi connectivity index (χ0v) is 18.7. The minimum absolute atomic E-state index is 0.117. The van der Waals surface area contributed by atoms with Crippen molar-refractivity contribution < 1.29 is 14.3 Å². The van der Waals surface area contributed by atoms with Gasteiger partial charge >= 0.3 is 0 Å². The van der Waals surface area contributed by atoms with Gasteiger partial charge < -0.3 is 14.8 Å². The van der Waals surface area contributed by atoms with E-state index in [1.165, 1.54) is 0 Å². The number of nitrogens with one attached hydrogen (secondary N) is 1. The topological polar surface area (TPSA) is 47.6 Å². The Morgan fingerprint density at radius 2 is 1.23 bits per heavy atom. The number of ether oxygens (including phenoxy) is 2. The van der Waals surface area contributed by atoms with Crippen molar-refractivity contribution in [2.45, 2.75) is 39.5 Å². The molecule has 4 heteroatoms. The molecule has 0 spiro atoms. The van der Waals surface area contributed by atoms with E-state index >= 15 is 0 Å². The van der Waals surface area contributed by atoms with E-state index in [0.29, 0.717) is 36.4 Å². The fourth-order valence-electron chi connectivity index (χ4n) is 3.42. The van der Waals surface area contributed by atoms with Crippen molar-refractivity contribution >= 4 is 11.6 Å². The van der Waals surface area contributed by atoms with Gasteiger partial charge in [-0.05, 0) is 59.4 Å². The molecule has 31 heavy (non-hydrogen) atoms. The lowest BCUT2D eigenvalue weighted by Crippen LogP contribution is -2.16. The monoisotopic (exact) mass is 417 g/mol. The summed E-state index contributed by atoms with van der Waals surface area (Å²) in [5, 5.41) is 3.15. The lowest BCUT2D eigenvalue weighted by molar-refractivity contribution is 0.102. The van der Waals surface area contributed by atoms with Crippen LogP contribution in [0.4, 0.5) is 5.69 Å². The second-order valence-electron chi connectivity index (χ2n) is 8.11. The fraction of sp³-hybridized carbons (Fsp3) is 0.296. The Morgan fingerprint density at radius 3 is 1.74 bits per heavy atom. The highest BCUT2D eigenvalue weighted by atomic mass is 16.5. The standard InChI is InChI=1S/C27H31NO3/c1-19(2)24-11-8-12-25(20(3)4)26(24)28-27(29)21-13-15-23(16-14-21)31-18-17-30-22-9-6-5-7-10-22/h5-16,19-20H,17-18H2,1-4H3,(H,28,29). The molecule has 162 valence electrons. The van der Waals surface area contributed by atoms with Crippen LogP contribution in [0.2, 0.25) is 0 Å². The van der Waals surface area contributed by atoms with E-state index in [1.807, 2.05) is 42.5 Å². The molecular formula is C27H31NO3. The van der Waals surface area contributed by atoms with Gasteiger partial charge in [-0.15, -0.1) is 0 Å². The molecule has 0 aromatic heterocycles. The number of anilines is 1. The first-order valence-corrected chi connectivity index (χ1v) is 10.8. The van der Waals surface area contributed by atoms with E-state index in [0.717, 1.165) is 22.6 Å². The zero-order chi connectivity index (χ0) is 22.2. The van der Waals surface area contributed by atoms with Crippen molar-refractivity contribution in [1.82, 2.24) is 0 Å². The largest absolute Gasteiger partial charge is 0.490 e. The van der Waals surface area contributed by atoms with Crippen LogP contribution in [0, 0.1) is 0 Å². The van der Waals surface area contributed by atoms with Gasteiger partial charge in [-0.25, -0.2) is 0 Å². The molecule has 0 unspecified atom stereocenters. The van der Waals surface area contributed by atoms with Gasteiger partial charge in [0.15, 0.2) is 0 Å². The SMILES string of the molecule is CC(C)c1cccc(C(C)C)c1NC(=O)c1ccc(OCCOc2ccccc2)cc1. The number of amides is 1. The smallest absolute Gasteiger partial charge is 0.255 e. The molecule has 0 aliphatic heterocycles. The molecule has 0 radical (unpaired) electrons. The number of benzene rings is 3. The predicted octanol–water partition coefficient (Wildman–Crippen LogP) is 6.64. The molecule has 1 amide bonds. The second-order valence-corrected chi connectivity index (χ2v) is 8.11. The summed E-state index contributed by atoms with van der Waals surface area (Å²) in [7, 11) is 0. The number of carbonyl (C=O) groups is 1. The van der Waals surface area contributed by atoms with Crippen LogP contribution in [0.15, 0.2) is 72.8 Å². The van der Waals surface area contributed by atoms with Gasteiger partial charge in [0.1, 0.15) is 24.7 Å². The predicted molar refractivity (Wildman–Crippen MR) is 126 cm³/mol. The maximum Gasteiger partial charge on any atom is 0.255 e. The Labute approximate surface area is 185 Å². The quantitative estimate of drug-likeness (QED) is 0.397. The maximum atomic E-state index is 12.9. The highest BCUT2D eigenvalue weighted by Crippen LogP contribution is 2.32. The summed E-state index contributed by atoms with van der Waals surface area (Å²) in [6, 6.07) is 23.1. The molecular weight excluding hydrogens is 386 g/mol. The Morgan fingerprint density at radius 1 is 0.710 bits per heavy atom. The molecule has 0 atom stereocenters. The number of para-hydroxylation sites is 2. The van der Waals surface area contributed by atoms with Crippen molar-refractivity contribution in [2.75, 3.05) is 18.5 Å². The molecule has 4 nitrogen and oxygen atoms in total. The summed E-state index contributed by atoms with van der Waals surface area (Å²) < 4.78 is 11.4. The highest BCUT2D eigenvalue weighted by molar-refractivity contribution is 6.05. The Hall–Kier alpha value is -3.27. The van der Waals surface area contributed by atoms with Crippen LogP contribution in [0.3, 0.4) is 0 Å². The third kappa shape index (κ3) is 6.11. The fourth-order valence-corrected chi connectivity index (χ4v) is 3.42. The summed E-state index contributed by atoms with van der Waals surface area (Å²) in [5.41, 5.74) is 3.83. The van der Waals surface area contributed by atoms with Crippen LogP contribution in [-0.2, 0) is 0 Å². The van der Waals surface area contributed by atoms with Crippen LogP contribution in [0.5, 0.6) is 11.5 Å². The van der Waals surface area contributed by atoms with Crippen LogP contribution in [0.25, 0.3) is 0 Å². The molecule has 0 aliphatic rings. The number of hydrogen-bond acceptors (Lipinski definition) is 3. The van der Waals surface area contributed by atoms with Gasteiger partial charge in [-0.2, -0.15) is 0 Å². The summed E-state index contributed by atoms with van der Waals surface area (Å²) in [4.78, 5) is 12.9. The first-order valence-electron chi connectivity index (χ1n) is 10.8. The Kier molecular flexibility index (Phi) is 7.71. The first kappa shape index (κ1) is 22.4. The Balaban J connectivity index is 1.61. The third-order valence-corrected chi connectivity index (χ3v) is 5.09. The molecule has 0 heterocycles. The van der Waals surface area contributed by atoms with Crippen molar-refractivity contribution in [2.24, 2.45) is 0 Å². The molecule has 3 aromatic carbocycles. The third-order valence-electron chi connectivity index (χ3n) is 5.09. The van der Waals surface area contributed by atoms with Gasteiger partial charge in [0.25, 0.3) is 5.91 Å². The lowest BCUT2D eigenvalue weighted by Gasteiger charge is -2.20. The van der Waals surface area contributed by atoms with Gasteiger partial charge in [0.2, 0.25) is 0 Å². The van der Waals surface area contributed by atoms with Crippen LogP contribution in [0.1, 0.15) is 61.0 Å². The van der Waals surface area contributed by atoms with Crippen molar-refractivity contribution in [3.63, 3.8) is 0 Å². The van der Waals surface area contributed by atoms with Gasteiger partial charge in [0, 0.05) is 11.3 Å². The molecule has 0 saturated heterocycles. The summed E-state index contributed by atoms with van der Waals surface area (Å²) in [6.45, 7) is 9.45. The maximum absolute atomic E-state index is 12.9. The highest BCUT2D eigenvalue weighted by Gasteiger charge is 2.16. The van der Waals surface area contributed by atoms with Crippen LogP contribution >= 0.6 is 0 Å². The Bertz CT molecular complexity index is 953.